The van der Waals surface area contributed by atoms with Crippen LogP contribution < -0.4 is 10.1 Å². The van der Waals surface area contributed by atoms with Crippen LogP contribution in [0.15, 0.2) is 24.3 Å². The molecule has 0 aliphatic heterocycles. The monoisotopic (exact) mass is 333 g/mol. The third-order valence-corrected chi connectivity index (χ3v) is 4.25. The van der Waals surface area contributed by atoms with Gasteiger partial charge < -0.3 is 14.8 Å². The molecule has 0 aromatic heterocycles. The molecule has 2 atom stereocenters. The van der Waals surface area contributed by atoms with Crippen LogP contribution in [0.4, 0.5) is 0 Å². The number of ether oxygens (including phenoxy) is 2. The second-order valence-electron chi connectivity index (χ2n) is 6.70. The number of hydrogen-bond donors (Lipinski definition) is 1. The molecule has 0 unspecified atom stereocenters. The molecule has 0 radical (unpaired) electrons. The first kappa shape index (κ1) is 18.3. The molecule has 1 saturated carbocycles. The number of esters is 1. The molecule has 0 bridgehead atoms. The van der Waals surface area contributed by atoms with Crippen molar-refractivity contribution < 1.29 is 19.1 Å². The highest BCUT2D eigenvalue weighted by Crippen LogP contribution is 2.23. The summed E-state index contributed by atoms with van der Waals surface area (Å²) in [6.45, 7) is 5.78. The van der Waals surface area contributed by atoms with Gasteiger partial charge in [-0.1, -0.05) is 19.8 Å². The van der Waals surface area contributed by atoms with Gasteiger partial charge in [0.1, 0.15) is 5.75 Å². The van der Waals surface area contributed by atoms with Gasteiger partial charge in [0.15, 0.2) is 6.61 Å². The maximum Gasteiger partial charge on any atom is 0.338 e. The summed E-state index contributed by atoms with van der Waals surface area (Å²) >= 11 is 0. The fraction of sp³-hybridized carbons (Fsp3) is 0.579. The van der Waals surface area contributed by atoms with Crippen molar-refractivity contribution >= 4 is 11.9 Å². The van der Waals surface area contributed by atoms with E-state index in [2.05, 4.69) is 12.2 Å². The van der Waals surface area contributed by atoms with Gasteiger partial charge >= 0.3 is 5.97 Å². The third-order valence-electron chi connectivity index (χ3n) is 4.25. The Labute approximate surface area is 143 Å². The normalized spacial score (nSPS) is 20.5. The van der Waals surface area contributed by atoms with E-state index in [0.29, 0.717) is 17.2 Å². The van der Waals surface area contributed by atoms with Crippen molar-refractivity contribution in [1.82, 2.24) is 5.32 Å². The van der Waals surface area contributed by atoms with Gasteiger partial charge in [-0.2, -0.15) is 0 Å². The van der Waals surface area contributed by atoms with Gasteiger partial charge in [0.2, 0.25) is 0 Å². The summed E-state index contributed by atoms with van der Waals surface area (Å²) in [6, 6.07) is 6.92. The van der Waals surface area contributed by atoms with Crippen LogP contribution in [0.25, 0.3) is 0 Å². The lowest BCUT2D eigenvalue weighted by Gasteiger charge is -2.29. The number of carbonyl (C=O) groups excluding carboxylic acids is 2. The maximum atomic E-state index is 12.0. The second kappa shape index (κ2) is 8.71. The van der Waals surface area contributed by atoms with Crippen LogP contribution in [-0.2, 0) is 9.53 Å². The van der Waals surface area contributed by atoms with E-state index in [9.17, 15) is 9.59 Å². The average Bonchev–Trinajstić information content (AvgIpc) is 2.55. The van der Waals surface area contributed by atoms with Crippen molar-refractivity contribution in [3.63, 3.8) is 0 Å². The fourth-order valence-corrected chi connectivity index (χ4v) is 2.94. The molecular weight excluding hydrogens is 306 g/mol. The Hall–Kier alpha value is -2.04. The molecule has 1 aromatic carbocycles. The van der Waals surface area contributed by atoms with Crippen molar-refractivity contribution in [2.75, 3.05) is 6.61 Å². The number of benzene rings is 1. The van der Waals surface area contributed by atoms with Crippen molar-refractivity contribution in [3.05, 3.63) is 29.8 Å². The standard InChI is InChI=1S/C19H27NO4/c1-13(2)24-16-10-8-15(9-11-16)19(22)23-12-18(21)20-17-7-5-4-6-14(17)3/h8-11,13-14,17H,4-7,12H2,1-3H3,(H,20,21)/t14-,17+/m1/s1. The molecule has 0 saturated heterocycles. The third kappa shape index (κ3) is 5.55. The molecule has 0 spiro atoms. The zero-order chi connectivity index (χ0) is 17.5. The van der Waals surface area contributed by atoms with Crippen LogP contribution >= 0.6 is 0 Å². The molecule has 2 rings (SSSR count). The van der Waals surface area contributed by atoms with Crippen molar-refractivity contribution in [1.29, 1.82) is 0 Å². The highest BCUT2D eigenvalue weighted by molar-refractivity contribution is 5.91. The van der Waals surface area contributed by atoms with Crippen LogP contribution in [-0.4, -0.2) is 30.6 Å². The van der Waals surface area contributed by atoms with Crippen molar-refractivity contribution in [2.24, 2.45) is 5.92 Å². The summed E-state index contributed by atoms with van der Waals surface area (Å²) in [5, 5.41) is 2.97. The Kier molecular flexibility index (Phi) is 6.64. The van der Waals surface area contributed by atoms with Crippen LogP contribution in [0.3, 0.4) is 0 Å². The van der Waals surface area contributed by atoms with E-state index in [-0.39, 0.29) is 24.7 Å². The Bertz CT molecular complexity index is 553. The van der Waals surface area contributed by atoms with E-state index in [1.165, 1.54) is 6.42 Å². The molecule has 1 N–H and O–H groups in total. The zero-order valence-corrected chi connectivity index (χ0v) is 14.7. The first-order valence-electron chi connectivity index (χ1n) is 8.69. The van der Waals surface area contributed by atoms with E-state index in [0.717, 1.165) is 19.3 Å². The zero-order valence-electron chi connectivity index (χ0n) is 14.7. The van der Waals surface area contributed by atoms with Crippen LogP contribution in [0.2, 0.25) is 0 Å². The Morgan fingerprint density at radius 2 is 1.83 bits per heavy atom. The Balaban J connectivity index is 1.78. The van der Waals surface area contributed by atoms with E-state index in [1.807, 2.05) is 13.8 Å². The summed E-state index contributed by atoms with van der Waals surface area (Å²) in [5.74, 6) is 0.442. The van der Waals surface area contributed by atoms with E-state index < -0.39 is 5.97 Å². The SMILES string of the molecule is CC(C)Oc1ccc(C(=O)OCC(=O)N[C@H]2CCCC[C@H]2C)cc1. The lowest BCUT2D eigenvalue weighted by molar-refractivity contribution is -0.125. The summed E-state index contributed by atoms with van der Waals surface area (Å²) in [5.41, 5.74) is 0.407. The number of hydrogen-bond acceptors (Lipinski definition) is 4. The lowest BCUT2D eigenvalue weighted by Crippen LogP contribution is -2.42. The highest BCUT2D eigenvalue weighted by Gasteiger charge is 2.23. The Morgan fingerprint density at radius 3 is 2.46 bits per heavy atom. The molecule has 1 fully saturated rings. The van der Waals surface area contributed by atoms with Gasteiger partial charge in [-0.3, -0.25) is 4.79 Å². The van der Waals surface area contributed by atoms with Crippen LogP contribution in [0.5, 0.6) is 5.75 Å². The molecule has 5 heteroatoms. The van der Waals surface area contributed by atoms with E-state index in [1.54, 1.807) is 24.3 Å². The average molecular weight is 333 g/mol. The van der Waals surface area contributed by atoms with E-state index >= 15 is 0 Å². The molecule has 1 amide bonds. The van der Waals surface area contributed by atoms with Gasteiger partial charge in [-0.05, 0) is 56.9 Å². The quantitative estimate of drug-likeness (QED) is 0.811. The van der Waals surface area contributed by atoms with Crippen molar-refractivity contribution in [2.45, 2.75) is 58.6 Å². The van der Waals surface area contributed by atoms with Gasteiger partial charge in [0, 0.05) is 6.04 Å². The number of amides is 1. The topological polar surface area (TPSA) is 64.6 Å². The highest BCUT2D eigenvalue weighted by atomic mass is 16.5. The van der Waals surface area contributed by atoms with Crippen LogP contribution in [0.1, 0.15) is 56.8 Å². The largest absolute Gasteiger partial charge is 0.491 e. The first-order valence-corrected chi connectivity index (χ1v) is 8.69. The molecule has 5 nitrogen and oxygen atoms in total. The molecule has 1 aromatic rings. The molecule has 24 heavy (non-hydrogen) atoms. The Morgan fingerprint density at radius 1 is 1.17 bits per heavy atom. The molecular formula is C19H27NO4. The lowest BCUT2D eigenvalue weighted by atomic mass is 9.86. The predicted octanol–water partition coefficient (Wildman–Crippen LogP) is 3.33. The first-order chi connectivity index (χ1) is 11.5. The van der Waals surface area contributed by atoms with Crippen LogP contribution in [0, 0.1) is 5.92 Å². The van der Waals surface area contributed by atoms with Crippen molar-refractivity contribution in [3.8, 4) is 5.75 Å². The number of rotatable bonds is 6. The minimum absolute atomic E-state index is 0.0775. The minimum atomic E-state index is -0.502. The predicted molar refractivity (Wildman–Crippen MR) is 92.1 cm³/mol. The van der Waals surface area contributed by atoms with Gasteiger partial charge in [0.25, 0.3) is 5.91 Å². The smallest absolute Gasteiger partial charge is 0.338 e. The van der Waals surface area contributed by atoms with Gasteiger partial charge in [-0.15, -0.1) is 0 Å². The van der Waals surface area contributed by atoms with E-state index in [4.69, 9.17) is 9.47 Å². The summed E-state index contributed by atoms with van der Waals surface area (Å²) in [7, 11) is 0. The summed E-state index contributed by atoms with van der Waals surface area (Å²) in [6.07, 6.45) is 4.57. The van der Waals surface area contributed by atoms with Gasteiger partial charge in [-0.25, -0.2) is 4.79 Å². The molecule has 1 aliphatic carbocycles. The molecule has 0 heterocycles. The number of carbonyl (C=O) groups is 2. The van der Waals surface area contributed by atoms with Gasteiger partial charge in [0.05, 0.1) is 11.7 Å². The molecule has 1 aliphatic rings. The minimum Gasteiger partial charge on any atom is -0.491 e. The summed E-state index contributed by atoms with van der Waals surface area (Å²) < 4.78 is 10.6. The fourth-order valence-electron chi connectivity index (χ4n) is 2.94. The summed E-state index contributed by atoms with van der Waals surface area (Å²) in [4.78, 5) is 24.0. The maximum absolute atomic E-state index is 12.0. The molecule has 132 valence electrons. The second-order valence-corrected chi connectivity index (χ2v) is 6.70. The number of nitrogens with one attached hydrogen (secondary N) is 1.